The van der Waals surface area contributed by atoms with Gasteiger partial charge in [0, 0.05) is 24.4 Å². The van der Waals surface area contributed by atoms with Crippen molar-refractivity contribution in [2.45, 2.75) is 39.7 Å². The van der Waals surface area contributed by atoms with E-state index in [9.17, 15) is 0 Å². The third-order valence-corrected chi connectivity index (χ3v) is 2.35. The second kappa shape index (κ2) is 3.68. The van der Waals surface area contributed by atoms with Crippen LogP contribution in [0.5, 0.6) is 0 Å². The molecule has 0 unspecified atom stereocenters. The Bertz CT molecular complexity index is 293. The van der Waals surface area contributed by atoms with E-state index in [0.717, 1.165) is 12.1 Å². The van der Waals surface area contributed by atoms with E-state index < -0.39 is 0 Å². The van der Waals surface area contributed by atoms with Crippen LogP contribution >= 0.6 is 0 Å². The molecule has 0 radical (unpaired) electrons. The average molecular weight is 192 g/mol. The van der Waals surface area contributed by atoms with Crippen molar-refractivity contribution in [2.24, 2.45) is 15.4 Å². The van der Waals surface area contributed by atoms with Gasteiger partial charge >= 0.3 is 0 Å². The third kappa shape index (κ3) is 3.09. The minimum absolute atomic E-state index is 0.104. The minimum Gasteiger partial charge on any atom is -0.293 e. The van der Waals surface area contributed by atoms with Crippen LogP contribution in [0.15, 0.2) is 22.1 Å². The maximum Gasteiger partial charge on any atom is 0.0731 e. The molecule has 14 heavy (non-hydrogen) atoms. The van der Waals surface area contributed by atoms with Gasteiger partial charge in [-0.05, 0) is 26.3 Å². The summed E-state index contributed by atoms with van der Waals surface area (Å²) < 4.78 is 0. The van der Waals surface area contributed by atoms with Gasteiger partial charge in [-0.25, -0.2) is 0 Å². The van der Waals surface area contributed by atoms with Crippen LogP contribution in [0.3, 0.4) is 0 Å². The number of nitrogens with zero attached hydrogens (tertiary/aromatic N) is 2. The normalized spacial score (nSPS) is 27.4. The molecule has 2 heteroatoms. The van der Waals surface area contributed by atoms with Gasteiger partial charge in [0.2, 0.25) is 0 Å². The van der Waals surface area contributed by atoms with Gasteiger partial charge in [0.25, 0.3) is 0 Å². The van der Waals surface area contributed by atoms with Crippen LogP contribution in [-0.4, -0.2) is 24.5 Å². The molecule has 1 rings (SSSR count). The topological polar surface area (TPSA) is 24.7 Å². The highest BCUT2D eigenvalue weighted by Gasteiger charge is 2.22. The second-order valence-electron chi connectivity index (χ2n) is 5.13. The van der Waals surface area contributed by atoms with E-state index in [0.29, 0.717) is 0 Å². The monoisotopic (exact) mass is 192 g/mol. The molecule has 0 N–H and O–H groups in total. The zero-order valence-electron chi connectivity index (χ0n) is 9.83. The van der Waals surface area contributed by atoms with E-state index in [1.54, 1.807) is 0 Å². The predicted molar refractivity (Wildman–Crippen MR) is 63.5 cm³/mol. The summed E-state index contributed by atoms with van der Waals surface area (Å²) >= 11 is 0. The van der Waals surface area contributed by atoms with Gasteiger partial charge in [0.15, 0.2) is 0 Å². The Morgan fingerprint density at radius 1 is 1.29 bits per heavy atom. The van der Waals surface area contributed by atoms with Crippen LogP contribution in [0.1, 0.15) is 34.1 Å². The maximum absolute atomic E-state index is 4.57. The van der Waals surface area contributed by atoms with Crippen molar-refractivity contribution >= 4 is 11.9 Å². The molecule has 0 saturated heterocycles. The first-order valence-corrected chi connectivity index (χ1v) is 5.06. The summed E-state index contributed by atoms with van der Waals surface area (Å²) in [5.41, 5.74) is 1.15. The Morgan fingerprint density at radius 2 is 1.93 bits per heavy atom. The molecule has 0 saturated carbocycles. The summed E-state index contributed by atoms with van der Waals surface area (Å²) in [6.45, 7) is 8.59. The number of hydrogen-bond donors (Lipinski definition) is 0. The van der Waals surface area contributed by atoms with Gasteiger partial charge < -0.3 is 0 Å². The highest BCUT2D eigenvalue weighted by Crippen LogP contribution is 2.24. The van der Waals surface area contributed by atoms with E-state index in [-0.39, 0.29) is 11.0 Å². The Balaban J connectivity index is 3.03. The SMILES string of the molecule is CN=C1C=CC(C)(C)N=CC(C)(C)C1. The van der Waals surface area contributed by atoms with Crippen molar-refractivity contribution in [2.75, 3.05) is 7.05 Å². The summed E-state index contributed by atoms with van der Waals surface area (Å²) in [6, 6.07) is 0. The van der Waals surface area contributed by atoms with Crippen LogP contribution in [0, 0.1) is 5.41 Å². The first-order chi connectivity index (χ1) is 6.35. The van der Waals surface area contributed by atoms with E-state index in [1.807, 2.05) is 7.05 Å². The standard InChI is InChI=1S/C12H20N2/c1-11(2)8-10(13-5)6-7-12(3,4)14-9-11/h6-7,9H,8H2,1-5H3. The molecule has 0 atom stereocenters. The van der Waals surface area contributed by atoms with Gasteiger partial charge in [0.05, 0.1) is 5.54 Å². The van der Waals surface area contributed by atoms with Crippen LogP contribution < -0.4 is 0 Å². The zero-order valence-corrected chi connectivity index (χ0v) is 9.83. The van der Waals surface area contributed by atoms with Crippen molar-refractivity contribution in [3.05, 3.63) is 12.2 Å². The molecule has 0 spiro atoms. The van der Waals surface area contributed by atoms with Gasteiger partial charge in [-0.3, -0.25) is 9.98 Å². The third-order valence-electron chi connectivity index (χ3n) is 2.35. The lowest BCUT2D eigenvalue weighted by Crippen LogP contribution is -2.24. The molecule has 0 aromatic rings. The van der Waals surface area contributed by atoms with Gasteiger partial charge in [-0.2, -0.15) is 0 Å². The highest BCUT2D eigenvalue weighted by atomic mass is 14.8. The van der Waals surface area contributed by atoms with Crippen molar-refractivity contribution in [3.8, 4) is 0 Å². The molecular weight excluding hydrogens is 172 g/mol. The highest BCUT2D eigenvalue weighted by molar-refractivity contribution is 5.97. The second-order valence-corrected chi connectivity index (χ2v) is 5.13. The van der Waals surface area contributed by atoms with Crippen molar-refractivity contribution in [3.63, 3.8) is 0 Å². The first-order valence-electron chi connectivity index (χ1n) is 5.06. The van der Waals surface area contributed by atoms with Crippen molar-refractivity contribution in [1.82, 2.24) is 0 Å². The van der Waals surface area contributed by atoms with Crippen LogP contribution in [0.4, 0.5) is 0 Å². The quantitative estimate of drug-likeness (QED) is 0.564. The number of rotatable bonds is 0. The number of hydrogen-bond acceptors (Lipinski definition) is 2. The molecule has 0 amide bonds. The molecule has 2 nitrogen and oxygen atoms in total. The van der Waals surface area contributed by atoms with Crippen LogP contribution in [0.25, 0.3) is 0 Å². The van der Waals surface area contributed by atoms with Gasteiger partial charge in [-0.15, -0.1) is 0 Å². The van der Waals surface area contributed by atoms with Gasteiger partial charge in [0.1, 0.15) is 0 Å². The molecule has 1 heterocycles. The molecular formula is C12H20N2. The van der Waals surface area contributed by atoms with Crippen LogP contribution in [-0.2, 0) is 0 Å². The fraction of sp³-hybridized carbons (Fsp3) is 0.667. The summed E-state index contributed by atoms with van der Waals surface area (Å²) in [5.74, 6) is 0. The first kappa shape index (κ1) is 11.2. The van der Waals surface area contributed by atoms with E-state index in [4.69, 9.17) is 0 Å². The Kier molecular flexibility index (Phi) is 2.93. The molecule has 78 valence electrons. The largest absolute Gasteiger partial charge is 0.293 e. The van der Waals surface area contributed by atoms with Gasteiger partial charge in [-0.1, -0.05) is 19.9 Å². The summed E-state index contributed by atoms with van der Waals surface area (Å²) in [7, 11) is 1.85. The Hall–Kier alpha value is -0.920. The molecule has 0 aromatic carbocycles. The number of aliphatic imine (C=N–C) groups is 2. The van der Waals surface area contributed by atoms with E-state index >= 15 is 0 Å². The molecule has 0 fully saturated rings. The summed E-state index contributed by atoms with van der Waals surface area (Å²) in [5, 5.41) is 0. The fourth-order valence-electron chi connectivity index (χ4n) is 1.41. The number of allylic oxidation sites excluding steroid dienone is 1. The van der Waals surface area contributed by atoms with Crippen molar-refractivity contribution in [1.29, 1.82) is 0 Å². The fourth-order valence-corrected chi connectivity index (χ4v) is 1.41. The predicted octanol–water partition coefficient (Wildman–Crippen LogP) is 2.89. The Morgan fingerprint density at radius 3 is 2.50 bits per heavy atom. The summed E-state index contributed by atoms with van der Waals surface area (Å²) in [6.07, 6.45) is 7.22. The molecule has 1 aliphatic rings. The molecule has 0 bridgehead atoms. The van der Waals surface area contributed by atoms with Crippen molar-refractivity contribution < 1.29 is 0 Å². The van der Waals surface area contributed by atoms with Crippen LogP contribution in [0.2, 0.25) is 0 Å². The molecule has 0 aromatic heterocycles. The Labute approximate surface area is 86.8 Å². The maximum atomic E-state index is 4.57. The minimum atomic E-state index is -0.104. The lowest BCUT2D eigenvalue weighted by molar-refractivity contribution is 0.543. The smallest absolute Gasteiger partial charge is 0.0731 e. The lowest BCUT2D eigenvalue weighted by atomic mass is 9.86. The van der Waals surface area contributed by atoms with E-state index in [2.05, 4.69) is 56.0 Å². The zero-order chi connectivity index (χ0) is 10.8. The molecule has 0 aliphatic carbocycles. The lowest BCUT2D eigenvalue weighted by Gasteiger charge is -2.25. The molecule has 1 aliphatic heterocycles. The average Bonchev–Trinajstić information content (AvgIpc) is 2.08. The van der Waals surface area contributed by atoms with E-state index in [1.165, 1.54) is 0 Å². The summed E-state index contributed by atoms with van der Waals surface area (Å²) in [4.78, 5) is 8.85.